The fourth-order valence-electron chi connectivity index (χ4n) is 3.38. The third-order valence-electron chi connectivity index (χ3n) is 4.89. The lowest BCUT2D eigenvalue weighted by molar-refractivity contribution is -0.384. The number of likely N-dealkylation sites (N-methyl/N-ethyl adjacent to an activating group) is 1. The molecule has 0 aromatic heterocycles. The van der Waals surface area contributed by atoms with E-state index in [-0.39, 0.29) is 17.5 Å². The Kier molecular flexibility index (Phi) is 6.07. The van der Waals surface area contributed by atoms with Crippen LogP contribution in [-0.2, 0) is 16.1 Å². The van der Waals surface area contributed by atoms with Crippen LogP contribution < -0.4 is 0 Å². The van der Waals surface area contributed by atoms with Gasteiger partial charge in [0, 0.05) is 32.3 Å². The number of carbonyl (C=O) groups is 2. The zero-order valence-corrected chi connectivity index (χ0v) is 16.5. The van der Waals surface area contributed by atoms with Crippen LogP contribution in [0.2, 0.25) is 0 Å². The van der Waals surface area contributed by atoms with E-state index < -0.39 is 4.92 Å². The zero-order valence-electron chi connectivity index (χ0n) is 16.5. The summed E-state index contributed by atoms with van der Waals surface area (Å²) in [5.74, 6) is -0.678. The topological polar surface area (TPSA) is 83.8 Å². The minimum Gasteiger partial charge on any atom is -0.365 e. The number of nitrogens with zero attached hydrogens (tertiary/aromatic N) is 3. The molecule has 29 heavy (non-hydrogen) atoms. The number of hydrogen-bond donors (Lipinski definition) is 0. The van der Waals surface area contributed by atoms with E-state index >= 15 is 0 Å². The second-order valence-corrected chi connectivity index (χ2v) is 6.98. The van der Waals surface area contributed by atoms with E-state index in [4.69, 9.17) is 0 Å². The molecule has 2 amide bonds. The van der Waals surface area contributed by atoms with Gasteiger partial charge in [0.15, 0.2) is 0 Å². The molecule has 0 spiro atoms. The molecule has 7 heteroatoms. The molecule has 0 unspecified atom stereocenters. The van der Waals surface area contributed by atoms with E-state index in [1.165, 1.54) is 29.2 Å². The third-order valence-corrected chi connectivity index (χ3v) is 4.89. The minimum absolute atomic E-state index is 0.0619. The molecule has 0 bridgehead atoms. The molecule has 0 fully saturated rings. The van der Waals surface area contributed by atoms with Crippen molar-refractivity contribution in [2.45, 2.75) is 26.3 Å². The Hall–Kier alpha value is -3.48. The molecule has 1 heterocycles. The van der Waals surface area contributed by atoms with Gasteiger partial charge in [-0.25, -0.2) is 0 Å². The molecule has 0 N–H and O–H groups in total. The van der Waals surface area contributed by atoms with E-state index in [1.807, 2.05) is 37.3 Å². The summed E-state index contributed by atoms with van der Waals surface area (Å²) in [6.45, 7) is 2.82. The number of imide groups is 1. The Morgan fingerprint density at radius 1 is 1.00 bits per heavy atom. The highest BCUT2D eigenvalue weighted by molar-refractivity contribution is 6.35. The molecule has 1 aliphatic heterocycles. The molecular formula is C22H23N3O4. The number of rotatable bonds is 8. The molecule has 7 nitrogen and oxygen atoms in total. The summed E-state index contributed by atoms with van der Waals surface area (Å²) < 4.78 is 0. The predicted molar refractivity (Wildman–Crippen MR) is 110 cm³/mol. The maximum Gasteiger partial charge on any atom is 0.277 e. The summed E-state index contributed by atoms with van der Waals surface area (Å²) in [5, 5.41) is 11.0. The first kappa shape index (κ1) is 20.3. The van der Waals surface area contributed by atoms with Gasteiger partial charge in [-0.2, -0.15) is 0 Å². The van der Waals surface area contributed by atoms with Crippen LogP contribution in [0.4, 0.5) is 5.69 Å². The maximum atomic E-state index is 13.1. The number of carbonyl (C=O) groups excluding carboxylic acids is 2. The van der Waals surface area contributed by atoms with Gasteiger partial charge in [-0.05, 0) is 29.7 Å². The van der Waals surface area contributed by atoms with Gasteiger partial charge in [0.1, 0.15) is 5.70 Å². The number of nitro benzene ring substituents is 1. The number of nitro groups is 1. The van der Waals surface area contributed by atoms with Crippen LogP contribution in [0, 0.1) is 10.1 Å². The van der Waals surface area contributed by atoms with Gasteiger partial charge in [-0.1, -0.05) is 43.7 Å². The van der Waals surface area contributed by atoms with Gasteiger partial charge in [-0.3, -0.25) is 24.6 Å². The first-order chi connectivity index (χ1) is 13.9. The minimum atomic E-state index is -0.490. The Balaban J connectivity index is 2.01. The van der Waals surface area contributed by atoms with Crippen LogP contribution in [0.5, 0.6) is 0 Å². The zero-order chi connectivity index (χ0) is 21.0. The van der Waals surface area contributed by atoms with Gasteiger partial charge in [-0.15, -0.1) is 0 Å². The Morgan fingerprint density at radius 2 is 1.66 bits per heavy atom. The summed E-state index contributed by atoms with van der Waals surface area (Å²) in [4.78, 5) is 39.7. The van der Waals surface area contributed by atoms with Crippen molar-refractivity contribution in [2.75, 3.05) is 13.6 Å². The first-order valence-corrected chi connectivity index (χ1v) is 9.54. The lowest BCUT2D eigenvalue weighted by Gasteiger charge is -2.21. The number of non-ortho nitro benzene ring substituents is 1. The molecule has 0 atom stereocenters. The fourth-order valence-corrected chi connectivity index (χ4v) is 3.38. The number of benzene rings is 2. The van der Waals surface area contributed by atoms with Crippen molar-refractivity contribution >= 4 is 23.1 Å². The average Bonchev–Trinajstić information content (AvgIpc) is 2.97. The van der Waals surface area contributed by atoms with Crippen LogP contribution in [0.1, 0.15) is 30.9 Å². The van der Waals surface area contributed by atoms with Crippen LogP contribution in [0.3, 0.4) is 0 Å². The molecule has 150 valence electrons. The van der Waals surface area contributed by atoms with Crippen molar-refractivity contribution in [3.63, 3.8) is 0 Å². The lowest BCUT2D eigenvalue weighted by atomic mass is 10.0. The molecule has 0 aliphatic carbocycles. The van der Waals surface area contributed by atoms with Gasteiger partial charge in [0.2, 0.25) is 0 Å². The molecular weight excluding hydrogens is 370 g/mol. The molecule has 2 aromatic carbocycles. The monoisotopic (exact) mass is 393 g/mol. The summed E-state index contributed by atoms with van der Waals surface area (Å²) in [5.41, 5.74) is 2.07. The van der Waals surface area contributed by atoms with Gasteiger partial charge < -0.3 is 4.90 Å². The quantitative estimate of drug-likeness (QED) is 0.389. The summed E-state index contributed by atoms with van der Waals surface area (Å²) in [6, 6.07) is 15.4. The van der Waals surface area contributed by atoms with Crippen molar-refractivity contribution in [2.24, 2.45) is 0 Å². The standard InChI is InChI=1S/C22H23N3O4/c1-3-4-14-24-21(26)19(17-10-12-18(13-11-17)25(28)29)20(22(24)27)23(2)15-16-8-6-5-7-9-16/h5-13H,3-4,14-15H2,1-2H3. The largest absolute Gasteiger partial charge is 0.365 e. The van der Waals surface area contributed by atoms with Crippen molar-refractivity contribution in [1.82, 2.24) is 9.80 Å². The Bertz CT molecular complexity index is 952. The number of unbranched alkanes of at least 4 members (excludes halogenated alkanes) is 1. The van der Waals surface area contributed by atoms with Crippen LogP contribution in [0.15, 0.2) is 60.3 Å². The van der Waals surface area contributed by atoms with Crippen molar-refractivity contribution in [1.29, 1.82) is 0 Å². The summed E-state index contributed by atoms with van der Waals surface area (Å²) in [7, 11) is 1.78. The lowest BCUT2D eigenvalue weighted by Crippen LogP contribution is -2.34. The number of amides is 2. The number of hydrogen-bond acceptors (Lipinski definition) is 5. The Labute approximate surface area is 169 Å². The molecule has 2 aromatic rings. The normalized spacial score (nSPS) is 13.9. The van der Waals surface area contributed by atoms with Crippen molar-refractivity contribution in [3.8, 4) is 0 Å². The molecule has 0 saturated heterocycles. The third kappa shape index (κ3) is 4.18. The van der Waals surface area contributed by atoms with Gasteiger partial charge in [0.05, 0.1) is 10.5 Å². The van der Waals surface area contributed by atoms with Gasteiger partial charge in [0.25, 0.3) is 17.5 Å². The average molecular weight is 393 g/mol. The fraction of sp³-hybridized carbons (Fsp3) is 0.273. The highest BCUT2D eigenvalue weighted by atomic mass is 16.6. The van der Waals surface area contributed by atoms with Crippen molar-refractivity contribution < 1.29 is 14.5 Å². The van der Waals surface area contributed by atoms with E-state index in [0.29, 0.717) is 29.9 Å². The summed E-state index contributed by atoms with van der Waals surface area (Å²) in [6.07, 6.45) is 1.58. The second-order valence-electron chi connectivity index (χ2n) is 6.98. The van der Waals surface area contributed by atoms with E-state index in [0.717, 1.165) is 18.4 Å². The first-order valence-electron chi connectivity index (χ1n) is 9.54. The molecule has 0 saturated carbocycles. The predicted octanol–water partition coefficient (Wildman–Crippen LogP) is 3.61. The highest BCUT2D eigenvalue weighted by Crippen LogP contribution is 2.32. The SMILES string of the molecule is CCCCN1C(=O)C(c2ccc([N+](=O)[O-])cc2)=C(N(C)Cc2ccccc2)C1=O. The van der Waals surface area contributed by atoms with Crippen molar-refractivity contribution in [3.05, 3.63) is 81.5 Å². The van der Waals surface area contributed by atoms with Crippen LogP contribution >= 0.6 is 0 Å². The molecule has 1 aliphatic rings. The van der Waals surface area contributed by atoms with E-state index in [1.54, 1.807) is 11.9 Å². The maximum absolute atomic E-state index is 13.1. The smallest absolute Gasteiger partial charge is 0.277 e. The highest BCUT2D eigenvalue weighted by Gasteiger charge is 2.40. The van der Waals surface area contributed by atoms with E-state index in [9.17, 15) is 19.7 Å². The van der Waals surface area contributed by atoms with Crippen LogP contribution in [-0.4, -0.2) is 40.1 Å². The van der Waals surface area contributed by atoms with Gasteiger partial charge >= 0.3 is 0 Å². The second kappa shape index (κ2) is 8.68. The Morgan fingerprint density at radius 3 is 2.24 bits per heavy atom. The van der Waals surface area contributed by atoms with E-state index in [2.05, 4.69) is 0 Å². The molecule has 3 rings (SSSR count). The molecule has 0 radical (unpaired) electrons. The summed E-state index contributed by atoms with van der Waals surface area (Å²) >= 11 is 0. The van der Waals surface area contributed by atoms with Crippen LogP contribution in [0.25, 0.3) is 5.57 Å².